The van der Waals surface area contributed by atoms with Gasteiger partial charge in [0, 0.05) is 24.0 Å². The largest absolute Gasteiger partial charge is 0.352 e. The lowest BCUT2D eigenvalue weighted by molar-refractivity contribution is -0.140. The van der Waals surface area contributed by atoms with E-state index < -0.39 is 34.3 Å². The van der Waals surface area contributed by atoms with E-state index in [0.717, 1.165) is 47.5 Å². The summed E-state index contributed by atoms with van der Waals surface area (Å²) in [5.74, 6) is -1.31. The van der Waals surface area contributed by atoms with Crippen LogP contribution in [0.2, 0.25) is 5.02 Å². The Hall–Kier alpha value is -4.21. The summed E-state index contributed by atoms with van der Waals surface area (Å²) in [6.07, 6.45) is 5.07. The summed E-state index contributed by atoms with van der Waals surface area (Å²) in [5, 5.41) is 3.56. The highest BCUT2D eigenvalue weighted by Crippen LogP contribution is 2.27. The molecule has 5 rings (SSSR count). The predicted octanol–water partition coefficient (Wildman–Crippen LogP) is 7.07. The molecule has 2 amide bonds. The molecule has 1 atom stereocenters. The predicted molar refractivity (Wildman–Crippen MR) is 183 cm³/mol. The summed E-state index contributed by atoms with van der Waals surface area (Å²) in [5.41, 5.74) is 2.67. The number of carbonyl (C=O) groups is 2. The second kappa shape index (κ2) is 15.6. The Kier molecular flexibility index (Phi) is 11.3. The molecule has 0 spiro atoms. The molecule has 1 saturated carbocycles. The molecule has 4 aromatic rings. The molecule has 10 heteroatoms. The number of anilines is 1. The standard InChI is InChI=1S/C37H39ClFN3O4S/c1-27-12-20-33(21-13-27)42(47(45,46)34-22-16-30(38)17-23-34)26-36(43)41(25-29-14-18-31(39)19-15-29)35(24-28-8-4-2-5-9-28)37(44)40-32-10-6-3-7-11-32/h2,4-5,8-9,12-23,32,35H,3,6-7,10-11,24-26H2,1H3,(H,40,44)/t35-/m0/s1. The second-order valence-electron chi connectivity index (χ2n) is 12.0. The number of hydrogen-bond donors (Lipinski definition) is 1. The number of carbonyl (C=O) groups excluding carboxylic acids is 2. The first kappa shape index (κ1) is 34.1. The molecule has 1 fully saturated rings. The number of halogens is 2. The fraction of sp³-hybridized carbons (Fsp3) is 0.297. The van der Waals surface area contributed by atoms with E-state index in [1.165, 1.54) is 41.3 Å². The highest BCUT2D eigenvalue weighted by Gasteiger charge is 2.35. The summed E-state index contributed by atoms with van der Waals surface area (Å²) in [6, 6.07) is 26.8. The molecule has 0 aromatic heterocycles. The number of hydrogen-bond acceptors (Lipinski definition) is 4. The maximum atomic E-state index is 14.6. The molecule has 1 aliphatic rings. The van der Waals surface area contributed by atoms with Crippen LogP contribution >= 0.6 is 11.6 Å². The molecule has 1 N–H and O–H groups in total. The monoisotopic (exact) mass is 675 g/mol. The highest BCUT2D eigenvalue weighted by atomic mass is 35.5. The van der Waals surface area contributed by atoms with Crippen molar-refractivity contribution in [1.29, 1.82) is 0 Å². The zero-order chi connectivity index (χ0) is 33.4. The Morgan fingerprint density at radius 2 is 1.49 bits per heavy atom. The summed E-state index contributed by atoms with van der Waals surface area (Å²) in [6.45, 7) is 1.28. The Labute approximate surface area is 281 Å². The van der Waals surface area contributed by atoms with Gasteiger partial charge in [-0.1, -0.05) is 91.0 Å². The van der Waals surface area contributed by atoms with Crippen LogP contribution in [0.15, 0.2) is 108 Å². The van der Waals surface area contributed by atoms with Crippen LogP contribution in [0.1, 0.15) is 48.8 Å². The van der Waals surface area contributed by atoms with Crippen LogP contribution in [0.25, 0.3) is 0 Å². The van der Waals surface area contributed by atoms with E-state index in [2.05, 4.69) is 5.32 Å². The number of nitrogens with one attached hydrogen (secondary N) is 1. The Balaban J connectivity index is 1.55. The van der Waals surface area contributed by atoms with Gasteiger partial charge in [-0.25, -0.2) is 12.8 Å². The number of amides is 2. The number of rotatable bonds is 12. The molecular formula is C37H39ClFN3O4S. The minimum Gasteiger partial charge on any atom is -0.352 e. The van der Waals surface area contributed by atoms with Gasteiger partial charge in [-0.3, -0.25) is 13.9 Å². The molecule has 0 bridgehead atoms. The van der Waals surface area contributed by atoms with Crippen LogP contribution in [0.3, 0.4) is 0 Å². The molecule has 1 aliphatic carbocycles. The van der Waals surface area contributed by atoms with Crippen molar-refractivity contribution in [3.05, 3.63) is 131 Å². The smallest absolute Gasteiger partial charge is 0.264 e. The van der Waals surface area contributed by atoms with Crippen LogP contribution in [0.4, 0.5) is 10.1 Å². The molecule has 7 nitrogen and oxygen atoms in total. The molecule has 0 heterocycles. The van der Waals surface area contributed by atoms with Gasteiger partial charge in [-0.15, -0.1) is 0 Å². The van der Waals surface area contributed by atoms with Crippen molar-refractivity contribution in [2.45, 2.75) is 69.0 Å². The Bertz CT molecular complexity index is 1750. The van der Waals surface area contributed by atoms with Crippen molar-refractivity contribution in [3.63, 3.8) is 0 Å². The lowest BCUT2D eigenvalue weighted by Gasteiger charge is -2.35. The second-order valence-corrected chi connectivity index (χ2v) is 14.3. The van der Waals surface area contributed by atoms with Crippen molar-refractivity contribution in [1.82, 2.24) is 10.2 Å². The van der Waals surface area contributed by atoms with Gasteiger partial charge in [0.25, 0.3) is 10.0 Å². The summed E-state index contributed by atoms with van der Waals surface area (Å²) >= 11 is 6.06. The van der Waals surface area contributed by atoms with E-state index in [4.69, 9.17) is 11.6 Å². The molecule has 4 aromatic carbocycles. The van der Waals surface area contributed by atoms with Gasteiger partial charge in [-0.05, 0) is 79.4 Å². The zero-order valence-corrected chi connectivity index (χ0v) is 27.9. The third-order valence-corrected chi connectivity index (χ3v) is 10.5. The molecule has 0 unspecified atom stereocenters. The molecular weight excluding hydrogens is 637 g/mol. The zero-order valence-electron chi connectivity index (χ0n) is 26.3. The molecule has 0 radical (unpaired) electrons. The normalized spacial score (nSPS) is 14.3. The Morgan fingerprint density at radius 3 is 2.13 bits per heavy atom. The van der Waals surface area contributed by atoms with Gasteiger partial charge < -0.3 is 10.2 Å². The van der Waals surface area contributed by atoms with Gasteiger partial charge in [-0.2, -0.15) is 0 Å². The first-order valence-electron chi connectivity index (χ1n) is 15.8. The van der Waals surface area contributed by atoms with E-state index in [1.54, 1.807) is 36.4 Å². The fourth-order valence-electron chi connectivity index (χ4n) is 5.86. The average molecular weight is 676 g/mol. The lowest BCUT2D eigenvalue weighted by Crippen LogP contribution is -2.55. The molecule has 0 aliphatic heterocycles. The van der Waals surface area contributed by atoms with E-state index in [-0.39, 0.29) is 29.8 Å². The molecule has 246 valence electrons. The quantitative estimate of drug-likeness (QED) is 0.174. The summed E-state index contributed by atoms with van der Waals surface area (Å²) < 4.78 is 43.2. The van der Waals surface area contributed by atoms with Crippen molar-refractivity contribution in [2.24, 2.45) is 0 Å². The number of nitrogens with zero attached hydrogens (tertiary/aromatic N) is 2. The van der Waals surface area contributed by atoms with Crippen molar-refractivity contribution in [2.75, 3.05) is 10.8 Å². The summed E-state index contributed by atoms with van der Waals surface area (Å²) in [4.78, 5) is 30.1. The minimum absolute atomic E-state index is 0.00774. The molecule has 47 heavy (non-hydrogen) atoms. The van der Waals surface area contributed by atoms with Gasteiger partial charge in [0.15, 0.2) is 0 Å². The van der Waals surface area contributed by atoms with Crippen LogP contribution in [0, 0.1) is 12.7 Å². The van der Waals surface area contributed by atoms with E-state index >= 15 is 0 Å². The van der Waals surface area contributed by atoms with Crippen LogP contribution in [-0.2, 0) is 32.6 Å². The van der Waals surface area contributed by atoms with E-state index in [9.17, 15) is 22.4 Å². The van der Waals surface area contributed by atoms with Gasteiger partial charge >= 0.3 is 0 Å². The minimum atomic E-state index is -4.24. The number of benzene rings is 4. The molecule has 0 saturated heterocycles. The average Bonchev–Trinajstić information content (AvgIpc) is 3.07. The van der Waals surface area contributed by atoms with Crippen LogP contribution < -0.4 is 9.62 Å². The summed E-state index contributed by atoms with van der Waals surface area (Å²) in [7, 11) is -4.24. The van der Waals surface area contributed by atoms with Crippen molar-refractivity contribution in [3.8, 4) is 0 Å². The number of aryl methyl sites for hydroxylation is 1. The highest BCUT2D eigenvalue weighted by molar-refractivity contribution is 7.92. The van der Waals surface area contributed by atoms with E-state index in [1.807, 2.05) is 37.3 Å². The lowest BCUT2D eigenvalue weighted by atomic mass is 9.94. The fourth-order valence-corrected chi connectivity index (χ4v) is 7.40. The first-order valence-corrected chi connectivity index (χ1v) is 17.6. The maximum Gasteiger partial charge on any atom is 0.264 e. The first-order chi connectivity index (χ1) is 22.6. The van der Waals surface area contributed by atoms with Crippen LogP contribution in [-0.4, -0.2) is 43.8 Å². The van der Waals surface area contributed by atoms with Crippen molar-refractivity contribution >= 4 is 39.1 Å². The van der Waals surface area contributed by atoms with Gasteiger partial charge in [0.05, 0.1) is 10.6 Å². The third-order valence-electron chi connectivity index (χ3n) is 8.49. The maximum absolute atomic E-state index is 14.6. The SMILES string of the molecule is Cc1ccc(N(CC(=O)N(Cc2ccc(F)cc2)[C@@H](Cc2ccccc2)C(=O)NC2CCCCC2)S(=O)(=O)c2ccc(Cl)cc2)cc1. The van der Waals surface area contributed by atoms with Gasteiger partial charge in [0.2, 0.25) is 11.8 Å². The van der Waals surface area contributed by atoms with Crippen LogP contribution in [0.5, 0.6) is 0 Å². The van der Waals surface area contributed by atoms with Crippen molar-refractivity contribution < 1.29 is 22.4 Å². The Morgan fingerprint density at radius 1 is 0.851 bits per heavy atom. The third kappa shape index (κ3) is 8.99. The number of sulfonamides is 1. The van der Waals surface area contributed by atoms with E-state index in [0.29, 0.717) is 16.3 Å². The topological polar surface area (TPSA) is 86.8 Å². The van der Waals surface area contributed by atoms with Gasteiger partial charge in [0.1, 0.15) is 18.4 Å².